The van der Waals surface area contributed by atoms with E-state index in [2.05, 4.69) is 4.72 Å². The minimum Gasteiger partial charge on any atom is -0.279 e. The van der Waals surface area contributed by atoms with Crippen molar-refractivity contribution < 1.29 is 18.0 Å². The Labute approximate surface area is 168 Å². The third kappa shape index (κ3) is 3.77. The molecule has 0 aromatic heterocycles. The highest BCUT2D eigenvalue weighted by Crippen LogP contribution is 2.30. The van der Waals surface area contributed by atoms with Crippen molar-refractivity contribution >= 4 is 33.2 Å². The van der Waals surface area contributed by atoms with Crippen LogP contribution in [0.3, 0.4) is 0 Å². The summed E-state index contributed by atoms with van der Waals surface area (Å²) in [7, 11) is -3.85. The summed E-state index contributed by atoms with van der Waals surface area (Å²) in [6.45, 7) is 0. The Kier molecular flexibility index (Phi) is 4.90. The molecule has 3 aromatic carbocycles. The highest BCUT2D eigenvalue weighted by molar-refractivity contribution is 7.92. The van der Waals surface area contributed by atoms with Gasteiger partial charge < -0.3 is 0 Å². The summed E-state index contributed by atoms with van der Waals surface area (Å²) in [5, 5.41) is 0. The SMILES string of the molecule is O=C1CCC(=O)N1c1ccc(S(=O)(=O)Nc2ccccc2-c2ccccc2)cc1. The van der Waals surface area contributed by atoms with Gasteiger partial charge in [0.2, 0.25) is 11.8 Å². The molecule has 1 N–H and O–H groups in total. The molecule has 1 aliphatic rings. The largest absolute Gasteiger partial charge is 0.279 e. The first-order valence-electron chi connectivity index (χ1n) is 9.09. The number of hydrogen-bond acceptors (Lipinski definition) is 4. The normalized spacial score (nSPS) is 14.3. The van der Waals surface area contributed by atoms with Gasteiger partial charge in [0.15, 0.2) is 0 Å². The predicted octanol–water partition coefficient (Wildman–Crippen LogP) is 3.81. The molecule has 6 nitrogen and oxygen atoms in total. The molecule has 0 atom stereocenters. The van der Waals surface area contributed by atoms with Gasteiger partial charge in [-0.2, -0.15) is 0 Å². The number of anilines is 2. The van der Waals surface area contributed by atoms with E-state index < -0.39 is 10.0 Å². The van der Waals surface area contributed by atoms with Gasteiger partial charge in [-0.1, -0.05) is 48.5 Å². The zero-order valence-corrected chi connectivity index (χ0v) is 16.2. The van der Waals surface area contributed by atoms with Crippen LogP contribution in [-0.4, -0.2) is 20.2 Å². The molecule has 1 heterocycles. The lowest BCUT2D eigenvalue weighted by Crippen LogP contribution is -2.28. The van der Waals surface area contributed by atoms with Crippen molar-refractivity contribution in [2.24, 2.45) is 0 Å². The molecule has 3 aromatic rings. The third-order valence-corrected chi connectivity index (χ3v) is 6.09. The number of carbonyl (C=O) groups excluding carboxylic acids is 2. The van der Waals surface area contributed by atoms with Crippen LogP contribution >= 0.6 is 0 Å². The van der Waals surface area contributed by atoms with E-state index in [1.165, 1.54) is 24.3 Å². The second-order valence-electron chi connectivity index (χ2n) is 6.63. The fourth-order valence-corrected chi connectivity index (χ4v) is 4.36. The molecule has 0 saturated carbocycles. The Morgan fingerprint density at radius 2 is 1.31 bits per heavy atom. The zero-order chi connectivity index (χ0) is 20.4. The first-order chi connectivity index (χ1) is 14.0. The number of hydrogen-bond donors (Lipinski definition) is 1. The first-order valence-corrected chi connectivity index (χ1v) is 10.6. The van der Waals surface area contributed by atoms with Gasteiger partial charge in [-0.05, 0) is 35.9 Å². The highest BCUT2D eigenvalue weighted by atomic mass is 32.2. The van der Waals surface area contributed by atoms with Crippen molar-refractivity contribution in [2.75, 3.05) is 9.62 Å². The van der Waals surface area contributed by atoms with Crippen LogP contribution in [0, 0.1) is 0 Å². The maximum absolute atomic E-state index is 12.9. The van der Waals surface area contributed by atoms with E-state index in [1.807, 2.05) is 42.5 Å². The maximum Gasteiger partial charge on any atom is 0.261 e. The Balaban J connectivity index is 1.62. The van der Waals surface area contributed by atoms with Crippen LogP contribution in [0.25, 0.3) is 11.1 Å². The fraction of sp³-hybridized carbons (Fsp3) is 0.0909. The molecule has 7 heteroatoms. The van der Waals surface area contributed by atoms with Gasteiger partial charge in [0.1, 0.15) is 0 Å². The Morgan fingerprint density at radius 3 is 1.97 bits per heavy atom. The number of amides is 2. The first kappa shape index (κ1) is 18.9. The fourth-order valence-electron chi connectivity index (χ4n) is 3.28. The van der Waals surface area contributed by atoms with Gasteiger partial charge in [-0.3, -0.25) is 19.2 Å². The quantitative estimate of drug-likeness (QED) is 0.653. The van der Waals surface area contributed by atoms with Gasteiger partial charge in [-0.15, -0.1) is 0 Å². The molecule has 1 fully saturated rings. The van der Waals surface area contributed by atoms with Crippen LogP contribution in [0.2, 0.25) is 0 Å². The standard InChI is InChI=1S/C22H18N2O4S/c25-21-14-15-22(26)24(21)17-10-12-18(13-11-17)29(27,28)23-20-9-5-4-8-19(20)16-6-2-1-3-7-16/h1-13,23H,14-15H2. The maximum atomic E-state index is 12.9. The Bertz CT molecular complexity index is 1160. The summed E-state index contributed by atoms with van der Waals surface area (Å²) in [6.07, 6.45) is 0.355. The van der Waals surface area contributed by atoms with Crippen LogP contribution in [0.5, 0.6) is 0 Å². The third-order valence-electron chi connectivity index (χ3n) is 4.71. The minimum atomic E-state index is -3.85. The van der Waals surface area contributed by atoms with Crippen molar-refractivity contribution in [3.05, 3.63) is 78.9 Å². The van der Waals surface area contributed by atoms with E-state index in [-0.39, 0.29) is 29.6 Å². The molecule has 0 unspecified atom stereocenters. The van der Waals surface area contributed by atoms with Crippen molar-refractivity contribution in [2.45, 2.75) is 17.7 Å². The lowest BCUT2D eigenvalue weighted by Gasteiger charge is -2.15. The van der Waals surface area contributed by atoms with E-state index in [1.54, 1.807) is 12.1 Å². The molecule has 0 aliphatic carbocycles. The van der Waals surface area contributed by atoms with E-state index in [0.717, 1.165) is 16.0 Å². The summed E-state index contributed by atoms with van der Waals surface area (Å²) in [5.74, 6) is -0.555. The van der Waals surface area contributed by atoms with Gasteiger partial charge in [-0.25, -0.2) is 8.42 Å². The van der Waals surface area contributed by atoms with Crippen LogP contribution in [0.4, 0.5) is 11.4 Å². The highest BCUT2D eigenvalue weighted by Gasteiger charge is 2.30. The van der Waals surface area contributed by atoms with Gasteiger partial charge in [0.05, 0.1) is 16.3 Å². The molecule has 2 amide bonds. The smallest absolute Gasteiger partial charge is 0.261 e. The Morgan fingerprint density at radius 1 is 0.724 bits per heavy atom. The lowest BCUT2D eigenvalue weighted by atomic mass is 10.0. The number of benzene rings is 3. The van der Waals surface area contributed by atoms with E-state index in [0.29, 0.717) is 11.4 Å². The average molecular weight is 406 g/mol. The zero-order valence-electron chi connectivity index (χ0n) is 15.4. The summed E-state index contributed by atoms with van der Waals surface area (Å²) in [5.41, 5.74) is 2.50. The van der Waals surface area contributed by atoms with Crippen LogP contribution in [0.15, 0.2) is 83.8 Å². The monoisotopic (exact) mass is 406 g/mol. The molecule has 0 bridgehead atoms. The number of rotatable bonds is 5. The number of nitrogens with zero attached hydrogens (tertiary/aromatic N) is 1. The molecule has 29 heavy (non-hydrogen) atoms. The van der Waals surface area contributed by atoms with Crippen LogP contribution in [-0.2, 0) is 19.6 Å². The van der Waals surface area contributed by atoms with Gasteiger partial charge >= 0.3 is 0 Å². The number of imide groups is 1. The molecule has 1 saturated heterocycles. The Hall–Kier alpha value is -3.45. The molecule has 146 valence electrons. The van der Waals surface area contributed by atoms with Crippen molar-refractivity contribution in [3.63, 3.8) is 0 Å². The van der Waals surface area contributed by atoms with E-state index in [4.69, 9.17) is 0 Å². The molecule has 4 rings (SSSR count). The van der Waals surface area contributed by atoms with Crippen molar-refractivity contribution in [3.8, 4) is 11.1 Å². The van der Waals surface area contributed by atoms with Gasteiger partial charge in [0.25, 0.3) is 10.0 Å². The second-order valence-corrected chi connectivity index (χ2v) is 8.32. The van der Waals surface area contributed by atoms with Crippen LogP contribution < -0.4 is 9.62 Å². The number of nitrogens with one attached hydrogen (secondary N) is 1. The summed E-state index contributed by atoms with van der Waals surface area (Å²) in [6, 6.07) is 22.4. The van der Waals surface area contributed by atoms with Gasteiger partial charge in [0, 0.05) is 18.4 Å². The topological polar surface area (TPSA) is 83.6 Å². The lowest BCUT2D eigenvalue weighted by molar-refractivity contribution is -0.121. The number of carbonyl (C=O) groups is 2. The summed E-state index contributed by atoms with van der Waals surface area (Å²) < 4.78 is 28.4. The van der Waals surface area contributed by atoms with Crippen LogP contribution in [0.1, 0.15) is 12.8 Å². The number of para-hydroxylation sites is 1. The minimum absolute atomic E-state index is 0.0446. The predicted molar refractivity (Wildman–Crippen MR) is 111 cm³/mol. The average Bonchev–Trinajstić information content (AvgIpc) is 3.07. The van der Waals surface area contributed by atoms with E-state index in [9.17, 15) is 18.0 Å². The molecule has 0 radical (unpaired) electrons. The molecular formula is C22H18N2O4S. The van der Waals surface area contributed by atoms with Crippen molar-refractivity contribution in [1.82, 2.24) is 0 Å². The summed E-state index contributed by atoms with van der Waals surface area (Å²) in [4.78, 5) is 24.8. The summed E-state index contributed by atoms with van der Waals surface area (Å²) >= 11 is 0. The van der Waals surface area contributed by atoms with E-state index >= 15 is 0 Å². The molecular weight excluding hydrogens is 388 g/mol. The van der Waals surface area contributed by atoms with Crippen molar-refractivity contribution in [1.29, 1.82) is 0 Å². The molecule has 0 spiro atoms. The second kappa shape index (κ2) is 7.52. The molecule has 1 aliphatic heterocycles. The number of sulfonamides is 1.